The summed E-state index contributed by atoms with van der Waals surface area (Å²) < 4.78 is 0. The standard InChI is InChI=1S/C12H18N2O2/c13-10(7-1-2-7)6-14-11(15)8-3-4-9(5-8)12(14)16/h7-10H,1-6,13H2. The summed E-state index contributed by atoms with van der Waals surface area (Å²) in [6.45, 7) is 0.454. The second-order valence-corrected chi connectivity index (χ2v) is 5.50. The number of fused-ring (bicyclic) bond motifs is 2. The topological polar surface area (TPSA) is 63.4 Å². The molecule has 4 heteroatoms. The fraction of sp³-hybridized carbons (Fsp3) is 0.833. The van der Waals surface area contributed by atoms with Crippen LogP contribution in [-0.2, 0) is 9.59 Å². The number of nitrogens with two attached hydrogens (primary N) is 1. The fourth-order valence-electron chi connectivity index (χ4n) is 3.04. The first-order valence-corrected chi connectivity index (χ1v) is 6.27. The Labute approximate surface area is 95.2 Å². The molecule has 3 rings (SSSR count). The molecule has 4 nitrogen and oxygen atoms in total. The van der Waals surface area contributed by atoms with E-state index < -0.39 is 0 Å². The van der Waals surface area contributed by atoms with Crippen molar-refractivity contribution in [1.82, 2.24) is 4.90 Å². The van der Waals surface area contributed by atoms with Gasteiger partial charge in [0.15, 0.2) is 0 Å². The Hall–Kier alpha value is -0.900. The van der Waals surface area contributed by atoms with Crippen molar-refractivity contribution < 1.29 is 9.59 Å². The number of piperidine rings is 1. The lowest BCUT2D eigenvalue weighted by Crippen LogP contribution is -2.51. The fourth-order valence-corrected chi connectivity index (χ4v) is 3.04. The van der Waals surface area contributed by atoms with Crippen LogP contribution < -0.4 is 5.73 Å². The normalized spacial score (nSPS) is 35.7. The zero-order chi connectivity index (χ0) is 11.3. The van der Waals surface area contributed by atoms with Gasteiger partial charge < -0.3 is 5.73 Å². The van der Waals surface area contributed by atoms with Gasteiger partial charge in [0.05, 0.1) is 0 Å². The third-order valence-electron chi connectivity index (χ3n) is 4.28. The minimum absolute atomic E-state index is 0.00500. The molecule has 2 bridgehead atoms. The zero-order valence-corrected chi connectivity index (χ0v) is 9.39. The molecule has 2 saturated carbocycles. The van der Waals surface area contributed by atoms with Crippen molar-refractivity contribution in [2.45, 2.75) is 38.1 Å². The van der Waals surface area contributed by atoms with Crippen LogP contribution in [0.2, 0.25) is 0 Å². The van der Waals surface area contributed by atoms with E-state index in [1.54, 1.807) is 0 Å². The summed E-state index contributed by atoms with van der Waals surface area (Å²) in [7, 11) is 0. The minimum Gasteiger partial charge on any atom is -0.326 e. The molecule has 3 aliphatic rings. The molecule has 2 aliphatic carbocycles. The maximum absolute atomic E-state index is 12.0. The molecule has 1 heterocycles. The highest BCUT2D eigenvalue weighted by atomic mass is 16.2. The van der Waals surface area contributed by atoms with Gasteiger partial charge in [0.1, 0.15) is 0 Å². The molecule has 0 aromatic heterocycles. The number of imide groups is 1. The first-order chi connectivity index (χ1) is 7.66. The van der Waals surface area contributed by atoms with Gasteiger partial charge in [-0.15, -0.1) is 0 Å². The third-order valence-corrected chi connectivity index (χ3v) is 4.28. The van der Waals surface area contributed by atoms with E-state index in [2.05, 4.69) is 0 Å². The zero-order valence-electron chi connectivity index (χ0n) is 9.39. The Morgan fingerprint density at radius 1 is 1.12 bits per heavy atom. The molecule has 0 spiro atoms. The maximum atomic E-state index is 12.0. The van der Waals surface area contributed by atoms with E-state index >= 15 is 0 Å². The molecule has 0 aromatic carbocycles. The minimum atomic E-state index is 0.00500. The largest absolute Gasteiger partial charge is 0.326 e. The monoisotopic (exact) mass is 222 g/mol. The number of hydrogen-bond donors (Lipinski definition) is 1. The Morgan fingerprint density at radius 2 is 1.69 bits per heavy atom. The molecular weight excluding hydrogens is 204 g/mol. The lowest BCUT2D eigenvalue weighted by Gasteiger charge is -2.31. The number of rotatable bonds is 3. The van der Waals surface area contributed by atoms with E-state index in [9.17, 15) is 9.59 Å². The van der Waals surface area contributed by atoms with E-state index in [1.807, 2.05) is 0 Å². The molecule has 2 N–H and O–H groups in total. The third kappa shape index (κ3) is 1.56. The van der Waals surface area contributed by atoms with Crippen LogP contribution in [0.1, 0.15) is 32.1 Å². The van der Waals surface area contributed by atoms with E-state index in [-0.39, 0.29) is 29.7 Å². The lowest BCUT2D eigenvalue weighted by atomic mass is 9.96. The number of hydrogen-bond acceptors (Lipinski definition) is 3. The summed E-state index contributed by atoms with van der Waals surface area (Å²) in [5.74, 6) is 0.827. The molecule has 1 saturated heterocycles. The first-order valence-electron chi connectivity index (χ1n) is 6.27. The first kappa shape index (κ1) is 10.3. The highest BCUT2D eigenvalue weighted by molar-refractivity contribution is 6.00. The SMILES string of the molecule is NC(CN1C(=O)C2CCC(C2)C1=O)C1CC1. The number of amides is 2. The maximum Gasteiger partial charge on any atom is 0.232 e. The van der Waals surface area contributed by atoms with Gasteiger partial charge in [-0.25, -0.2) is 0 Å². The molecule has 2 amide bonds. The van der Waals surface area contributed by atoms with Gasteiger partial charge in [-0.1, -0.05) is 0 Å². The van der Waals surface area contributed by atoms with Crippen molar-refractivity contribution in [3.8, 4) is 0 Å². The van der Waals surface area contributed by atoms with E-state index in [4.69, 9.17) is 5.73 Å². The van der Waals surface area contributed by atoms with Crippen molar-refractivity contribution in [2.24, 2.45) is 23.5 Å². The van der Waals surface area contributed by atoms with Crippen LogP contribution in [0.5, 0.6) is 0 Å². The molecule has 0 radical (unpaired) electrons. The highest BCUT2D eigenvalue weighted by Gasteiger charge is 2.46. The van der Waals surface area contributed by atoms with E-state index in [0.29, 0.717) is 12.5 Å². The molecule has 3 atom stereocenters. The van der Waals surface area contributed by atoms with Crippen molar-refractivity contribution in [3.63, 3.8) is 0 Å². The van der Waals surface area contributed by atoms with Crippen LogP contribution in [0, 0.1) is 17.8 Å². The summed E-state index contributed by atoms with van der Waals surface area (Å²) in [6.07, 6.45) is 4.89. The molecular formula is C12H18N2O2. The van der Waals surface area contributed by atoms with Crippen LogP contribution in [0.15, 0.2) is 0 Å². The van der Waals surface area contributed by atoms with Crippen molar-refractivity contribution in [1.29, 1.82) is 0 Å². The van der Waals surface area contributed by atoms with Crippen molar-refractivity contribution in [3.05, 3.63) is 0 Å². The van der Waals surface area contributed by atoms with Gasteiger partial charge in [0, 0.05) is 24.4 Å². The number of carbonyl (C=O) groups excluding carboxylic acids is 2. The van der Waals surface area contributed by atoms with E-state index in [1.165, 1.54) is 4.90 Å². The molecule has 88 valence electrons. The predicted molar refractivity (Wildman–Crippen MR) is 58.3 cm³/mol. The van der Waals surface area contributed by atoms with Gasteiger partial charge >= 0.3 is 0 Å². The Morgan fingerprint density at radius 3 is 2.19 bits per heavy atom. The highest BCUT2D eigenvalue weighted by Crippen LogP contribution is 2.39. The number of carbonyl (C=O) groups is 2. The molecule has 16 heavy (non-hydrogen) atoms. The van der Waals surface area contributed by atoms with Crippen molar-refractivity contribution >= 4 is 11.8 Å². The Bertz CT molecular complexity index is 316. The quantitative estimate of drug-likeness (QED) is 0.708. The summed E-state index contributed by atoms with van der Waals surface area (Å²) in [4.78, 5) is 25.5. The van der Waals surface area contributed by atoms with Gasteiger partial charge in [0.25, 0.3) is 0 Å². The molecule has 0 aromatic rings. The van der Waals surface area contributed by atoms with Crippen LogP contribution >= 0.6 is 0 Å². The second kappa shape index (κ2) is 3.55. The average Bonchev–Trinajstić information content (AvgIpc) is 3.01. The molecule has 3 unspecified atom stereocenters. The van der Waals surface area contributed by atoms with Crippen LogP contribution in [0.3, 0.4) is 0 Å². The van der Waals surface area contributed by atoms with E-state index in [0.717, 1.165) is 32.1 Å². The number of nitrogens with zero attached hydrogens (tertiary/aromatic N) is 1. The van der Waals surface area contributed by atoms with Crippen molar-refractivity contribution in [2.75, 3.05) is 6.54 Å². The summed E-state index contributed by atoms with van der Waals surface area (Å²) >= 11 is 0. The predicted octanol–water partition coefficient (Wildman–Crippen LogP) is 0.509. The summed E-state index contributed by atoms with van der Waals surface area (Å²) in [5, 5.41) is 0. The number of likely N-dealkylation sites (tertiary alicyclic amines) is 1. The second-order valence-electron chi connectivity index (χ2n) is 5.50. The summed E-state index contributed by atoms with van der Waals surface area (Å²) in [6, 6.07) is 0.00500. The Kier molecular flexibility index (Phi) is 2.28. The smallest absolute Gasteiger partial charge is 0.232 e. The molecule has 3 fully saturated rings. The van der Waals surface area contributed by atoms with Gasteiger partial charge in [-0.2, -0.15) is 0 Å². The van der Waals surface area contributed by atoms with Crippen LogP contribution in [-0.4, -0.2) is 29.3 Å². The van der Waals surface area contributed by atoms with Crippen LogP contribution in [0.25, 0.3) is 0 Å². The van der Waals surface area contributed by atoms with Gasteiger partial charge in [-0.3, -0.25) is 14.5 Å². The summed E-state index contributed by atoms with van der Waals surface area (Å²) in [5.41, 5.74) is 6.00. The Balaban J connectivity index is 1.72. The van der Waals surface area contributed by atoms with Gasteiger partial charge in [0.2, 0.25) is 11.8 Å². The molecule has 1 aliphatic heterocycles. The van der Waals surface area contributed by atoms with Crippen LogP contribution in [0.4, 0.5) is 0 Å². The lowest BCUT2D eigenvalue weighted by molar-refractivity contribution is -0.153. The average molecular weight is 222 g/mol. The van der Waals surface area contributed by atoms with Gasteiger partial charge in [-0.05, 0) is 38.0 Å².